The van der Waals surface area contributed by atoms with Crippen LogP contribution >= 0.6 is 11.6 Å². The maximum Gasteiger partial charge on any atom is 0.418 e. The fourth-order valence-corrected chi connectivity index (χ4v) is 3.14. The summed E-state index contributed by atoms with van der Waals surface area (Å²) in [4.78, 5) is 31.6. The van der Waals surface area contributed by atoms with Gasteiger partial charge in [-0.15, -0.1) is 0 Å². The number of hydrogen-bond donors (Lipinski definition) is 0. The molecule has 2 atom stereocenters. The van der Waals surface area contributed by atoms with Crippen LogP contribution in [0.1, 0.15) is 12.0 Å². The molecule has 2 fully saturated rings. The van der Waals surface area contributed by atoms with Crippen LogP contribution in [0.3, 0.4) is 0 Å². The first kappa shape index (κ1) is 15.0. The fraction of sp³-hybridized carbons (Fsp3) is 0.235. The van der Waals surface area contributed by atoms with E-state index in [-0.39, 0.29) is 24.7 Å². The molecule has 0 N–H and O–H groups in total. The Morgan fingerprint density at radius 3 is 2.79 bits per heavy atom. The minimum absolute atomic E-state index is 0.0137. The molecule has 7 heteroatoms. The summed E-state index contributed by atoms with van der Waals surface area (Å²) >= 11 is 5.89. The number of carbonyl (C=O) groups excluding carboxylic acids is 2. The average Bonchev–Trinajstić information content (AvgIpc) is 3.28. The summed E-state index contributed by atoms with van der Waals surface area (Å²) in [6.45, 7) is 0.141. The topological polar surface area (TPSA) is 62.7 Å². The van der Waals surface area contributed by atoms with Crippen molar-refractivity contribution < 1.29 is 14.3 Å². The third kappa shape index (κ3) is 2.59. The van der Waals surface area contributed by atoms with E-state index < -0.39 is 6.09 Å². The maximum atomic E-state index is 12.6. The van der Waals surface area contributed by atoms with Crippen molar-refractivity contribution >= 4 is 29.4 Å². The van der Waals surface area contributed by atoms with Crippen LogP contribution in [0.5, 0.6) is 0 Å². The van der Waals surface area contributed by atoms with Gasteiger partial charge < -0.3 is 4.74 Å². The second-order valence-electron chi connectivity index (χ2n) is 5.77. The third-order valence-electron chi connectivity index (χ3n) is 4.19. The van der Waals surface area contributed by atoms with Gasteiger partial charge >= 0.3 is 12.1 Å². The first-order valence-electron chi connectivity index (χ1n) is 7.60. The Morgan fingerprint density at radius 2 is 2.04 bits per heavy atom. The lowest BCUT2D eigenvalue weighted by Gasteiger charge is -2.21. The van der Waals surface area contributed by atoms with E-state index in [9.17, 15) is 9.59 Å². The summed E-state index contributed by atoms with van der Waals surface area (Å²) in [5.74, 6) is 0. The first-order valence-corrected chi connectivity index (χ1v) is 7.97. The first-order chi connectivity index (χ1) is 11.6. The number of halogens is 1. The molecule has 2 aliphatic rings. The molecular formula is C17H14ClN3O3. The van der Waals surface area contributed by atoms with E-state index in [0.717, 1.165) is 12.0 Å². The molecule has 1 aliphatic carbocycles. The monoisotopic (exact) mass is 343 g/mol. The van der Waals surface area contributed by atoms with E-state index in [2.05, 4.69) is 4.98 Å². The number of aromatic nitrogens is 1. The van der Waals surface area contributed by atoms with E-state index in [1.54, 1.807) is 23.2 Å². The smallest absolute Gasteiger partial charge is 0.418 e. The average molecular weight is 344 g/mol. The van der Waals surface area contributed by atoms with Crippen molar-refractivity contribution in [3.05, 3.63) is 59.4 Å². The van der Waals surface area contributed by atoms with Crippen molar-refractivity contribution in [3.8, 4) is 0 Å². The molecule has 0 bridgehead atoms. The maximum absolute atomic E-state index is 12.6. The van der Waals surface area contributed by atoms with Gasteiger partial charge in [0.2, 0.25) is 0 Å². The molecule has 2 aromatic rings. The number of ether oxygens (including phenoxy) is 1. The predicted octanol–water partition coefficient (Wildman–Crippen LogP) is 3.45. The number of amides is 3. The van der Waals surface area contributed by atoms with Gasteiger partial charge in [0.25, 0.3) is 0 Å². The number of anilines is 1. The molecule has 1 saturated heterocycles. The number of fused-ring (bicyclic) bond motifs is 1. The van der Waals surface area contributed by atoms with Crippen LogP contribution < -0.4 is 4.90 Å². The fourth-order valence-electron chi connectivity index (χ4n) is 2.97. The number of urea groups is 1. The molecule has 0 radical (unpaired) electrons. The van der Waals surface area contributed by atoms with Crippen LogP contribution in [0.2, 0.25) is 5.15 Å². The van der Waals surface area contributed by atoms with Crippen molar-refractivity contribution in [1.82, 2.24) is 9.88 Å². The molecule has 0 unspecified atom stereocenters. The number of benzene rings is 1. The second kappa shape index (κ2) is 5.79. The quantitative estimate of drug-likeness (QED) is 0.801. The van der Waals surface area contributed by atoms with Gasteiger partial charge in [0.1, 0.15) is 11.8 Å². The zero-order valence-corrected chi connectivity index (χ0v) is 13.4. The van der Waals surface area contributed by atoms with Gasteiger partial charge in [0, 0.05) is 6.20 Å². The third-order valence-corrected chi connectivity index (χ3v) is 4.40. The number of nitrogens with zero attached hydrogens (tertiary/aromatic N) is 3. The molecule has 1 saturated carbocycles. The molecular weight excluding hydrogens is 330 g/mol. The van der Waals surface area contributed by atoms with E-state index in [1.807, 2.05) is 30.3 Å². The molecule has 4 rings (SSSR count). The molecule has 1 aliphatic heterocycles. The number of imide groups is 1. The van der Waals surface area contributed by atoms with Gasteiger partial charge in [0.15, 0.2) is 0 Å². The van der Waals surface area contributed by atoms with Gasteiger partial charge in [-0.05, 0) is 24.1 Å². The Balaban J connectivity index is 1.47. The highest BCUT2D eigenvalue weighted by atomic mass is 35.5. The summed E-state index contributed by atoms with van der Waals surface area (Å²) in [7, 11) is 0. The summed E-state index contributed by atoms with van der Waals surface area (Å²) < 4.78 is 5.29. The van der Waals surface area contributed by atoms with E-state index in [0.29, 0.717) is 10.8 Å². The lowest BCUT2D eigenvalue weighted by atomic mass is 10.2. The van der Waals surface area contributed by atoms with Gasteiger partial charge in [-0.2, -0.15) is 0 Å². The molecule has 2 heterocycles. The zero-order chi connectivity index (χ0) is 16.7. The van der Waals surface area contributed by atoms with Crippen LogP contribution in [-0.2, 0) is 11.3 Å². The lowest BCUT2D eigenvalue weighted by molar-refractivity contribution is 0.107. The standard InChI is InChI=1S/C17H14ClN3O3/c18-15-8-12(6-7-19-15)20-13-9-14(13)21(16(20)22)17(23)24-10-11-4-2-1-3-5-11/h1-8,13-14H,9-10H2/t13-,14+/m0/s1. The highest BCUT2D eigenvalue weighted by molar-refractivity contribution is 6.29. The molecule has 0 spiro atoms. The number of carbonyl (C=O) groups is 2. The van der Waals surface area contributed by atoms with Gasteiger partial charge in [-0.1, -0.05) is 41.9 Å². The summed E-state index contributed by atoms with van der Waals surface area (Å²) in [6.07, 6.45) is 1.67. The minimum Gasteiger partial charge on any atom is -0.444 e. The molecule has 6 nitrogen and oxygen atoms in total. The highest BCUT2D eigenvalue weighted by Crippen LogP contribution is 2.44. The Bertz CT molecular complexity index is 799. The molecule has 24 heavy (non-hydrogen) atoms. The predicted molar refractivity (Wildman–Crippen MR) is 87.8 cm³/mol. The van der Waals surface area contributed by atoms with Gasteiger partial charge in [-0.25, -0.2) is 19.5 Å². The molecule has 122 valence electrons. The molecule has 1 aromatic heterocycles. The van der Waals surface area contributed by atoms with E-state index in [4.69, 9.17) is 16.3 Å². The lowest BCUT2D eigenvalue weighted by Crippen LogP contribution is -2.41. The Hall–Kier alpha value is -2.60. The van der Waals surface area contributed by atoms with E-state index >= 15 is 0 Å². The summed E-state index contributed by atoms with van der Waals surface area (Å²) in [5, 5.41) is 0.308. The van der Waals surface area contributed by atoms with Crippen molar-refractivity contribution in [2.45, 2.75) is 25.1 Å². The Kier molecular flexibility index (Phi) is 3.61. The van der Waals surface area contributed by atoms with Crippen molar-refractivity contribution in [2.75, 3.05) is 4.90 Å². The van der Waals surface area contributed by atoms with Gasteiger partial charge in [0.05, 0.1) is 17.8 Å². The largest absolute Gasteiger partial charge is 0.444 e. The van der Waals surface area contributed by atoms with Crippen LogP contribution in [0.15, 0.2) is 48.7 Å². The Labute approximate surface area is 143 Å². The SMILES string of the molecule is O=C(OCc1ccccc1)N1C(=O)N(c2ccnc(Cl)c2)[C@H]2C[C@H]21. The van der Waals surface area contributed by atoms with Crippen LogP contribution in [0, 0.1) is 0 Å². The van der Waals surface area contributed by atoms with Crippen LogP contribution in [0.25, 0.3) is 0 Å². The molecule has 3 amide bonds. The van der Waals surface area contributed by atoms with Crippen molar-refractivity contribution in [1.29, 1.82) is 0 Å². The van der Waals surface area contributed by atoms with Crippen LogP contribution in [-0.4, -0.2) is 34.1 Å². The number of rotatable bonds is 3. The van der Waals surface area contributed by atoms with Crippen molar-refractivity contribution in [2.24, 2.45) is 0 Å². The normalized spacial score (nSPS) is 21.6. The van der Waals surface area contributed by atoms with Gasteiger partial charge in [-0.3, -0.25) is 4.90 Å². The number of pyridine rings is 1. The Morgan fingerprint density at radius 1 is 1.25 bits per heavy atom. The van der Waals surface area contributed by atoms with E-state index in [1.165, 1.54) is 4.90 Å². The highest BCUT2D eigenvalue weighted by Gasteiger charge is 2.60. The van der Waals surface area contributed by atoms with Crippen molar-refractivity contribution in [3.63, 3.8) is 0 Å². The second-order valence-corrected chi connectivity index (χ2v) is 6.16. The zero-order valence-electron chi connectivity index (χ0n) is 12.6. The molecule has 1 aromatic carbocycles. The van der Waals surface area contributed by atoms with Crippen LogP contribution in [0.4, 0.5) is 15.3 Å². The summed E-state index contributed by atoms with van der Waals surface area (Å²) in [5.41, 5.74) is 1.52. The number of hydrogen-bond acceptors (Lipinski definition) is 4. The summed E-state index contributed by atoms with van der Waals surface area (Å²) in [6, 6.07) is 12.2. The minimum atomic E-state index is -0.612.